The highest BCUT2D eigenvalue weighted by Gasteiger charge is 2.15. The Morgan fingerprint density at radius 2 is 2.05 bits per heavy atom. The van der Waals surface area contributed by atoms with Crippen molar-refractivity contribution in [2.45, 2.75) is 6.61 Å². The highest BCUT2D eigenvalue weighted by molar-refractivity contribution is 6.37. The van der Waals surface area contributed by atoms with Gasteiger partial charge in [0, 0.05) is 5.02 Å². The topological polar surface area (TPSA) is 76.1 Å². The van der Waals surface area contributed by atoms with Crippen molar-refractivity contribution in [2.24, 2.45) is 0 Å². The lowest BCUT2D eigenvalue weighted by Crippen LogP contribution is -2.09. The Balaban J connectivity index is 2.14. The Bertz CT molecular complexity index is 739. The molecule has 6 heteroatoms. The summed E-state index contributed by atoms with van der Waals surface area (Å²) >= 11 is 11.7. The molecule has 106 valence electrons. The van der Waals surface area contributed by atoms with Crippen molar-refractivity contribution < 1.29 is 9.53 Å². The second kappa shape index (κ2) is 6.49. The van der Waals surface area contributed by atoms with Crippen molar-refractivity contribution >= 4 is 34.9 Å². The number of esters is 1. The highest BCUT2D eigenvalue weighted by Crippen LogP contribution is 2.28. The fourth-order valence-electron chi connectivity index (χ4n) is 1.71. The number of nitrogens with two attached hydrogens (primary N) is 1. The third kappa shape index (κ3) is 3.66. The SMILES string of the molecule is N#Cc1cccc(COC(=O)c2cc(Cl)cc(Cl)c2N)c1. The first kappa shape index (κ1) is 15.2. The van der Waals surface area contributed by atoms with Crippen LogP contribution in [0.2, 0.25) is 10.0 Å². The van der Waals surface area contributed by atoms with Gasteiger partial charge >= 0.3 is 5.97 Å². The summed E-state index contributed by atoms with van der Waals surface area (Å²) in [6.07, 6.45) is 0. The average Bonchev–Trinajstić information content (AvgIpc) is 2.48. The van der Waals surface area contributed by atoms with Gasteiger partial charge < -0.3 is 10.5 Å². The maximum absolute atomic E-state index is 12.0. The Kier molecular flexibility index (Phi) is 4.69. The van der Waals surface area contributed by atoms with Gasteiger partial charge in [-0.2, -0.15) is 5.26 Å². The van der Waals surface area contributed by atoms with Crippen molar-refractivity contribution in [3.8, 4) is 6.07 Å². The molecule has 0 atom stereocenters. The number of hydrogen-bond donors (Lipinski definition) is 1. The van der Waals surface area contributed by atoms with Crippen molar-refractivity contribution in [2.75, 3.05) is 5.73 Å². The van der Waals surface area contributed by atoms with Gasteiger partial charge in [-0.05, 0) is 29.8 Å². The lowest BCUT2D eigenvalue weighted by Gasteiger charge is -2.09. The van der Waals surface area contributed by atoms with Gasteiger partial charge in [-0.1, -0.05) is 35.3 Å². The van der Waals surface area contributed by atoms with E-state index in [2.05, 4.69) is 0 Å². The predicted molar refractivity (Wildman–Crippen MR) is 81.2 cm³/mol. The van der Waals surface area contributed by atoms with E-state index in [1.807, 2.05) is 6.07 Å². The van der Waals surface area contributed by atoms with Crippen LogP contribution >= 0.6 is 23.2 Å². The van der Waals surface area contributed by atoms with E-state index in [0.717, 1.165) is 0 Å². The Hall–Kier alpha value is -2.22. The Morgan fingerprint density at radius 1 is 1.29 bits per heavy atom. The average molecular weight is 321 g/mol. The van der Waals surface area contributed by atoms with Gasteiger partial charge in [-0.15, -0.1) is 0 Å². The monoisotopic (exact) mass is 320 g/mol. The summed E-state index contributed by atoms with van der Waals surface area (Å²) in [4.78, 5) is 12.0. The molecule has 0 heterocycles. The summed E-state index contributed by atoms with van der Waals surface area (Å²) in [5.74, 6) is -0.626. The summed E-state index contributed by atoms with van der Waals surface area (Å²) in [5, 5.41) is 9.31. The van der Waals surface area contributed by atoms with Gasteiger partial charge in [0.1, 0.15) is 6.61 Å². The summed E-state index contributed by atoms with van der Waals surface area (Å²) in [6, 6.07) is 11.6. The van der Waals surface area contributed by atoms with Crippen LogP contribution in [-0.4, -0.2) is 5.97 Å². The van der Waals surface area contributed by atoms with Crippen molar-refractivity contribution in [1.29, 1.82) is 5.26 Å². The van der Waals surface area contributed by atoms with Crippen LogP contribution in [0, 0.1) is 11.3 Å². The van der Waals surface area contributed by atoms with E-state index < -0.39 is 5.97 Å². The zero-order chi connectivity index (χ0) is 15.4. The predicted octanol–water partition coefficient (Wildman–Crippen LogP) is 3.80. The first-order valence-electron chi connectivity index (χ1n) is 5.92. The first-order chi connectivity index (χ1) is 10.0. The standard InChI is InChI=1S/C15H10Cl2N2O2/c16-11-5-12(14(19)13(17)6-11)15(20)21-8-10-3-1-2-9(4-10)7-18/h1-6H,8,19H2. The van der Waals surface area contributed by atoms with Crippen LogP contribution in [-0.2, 0) is 11.3 Å². The molecular formula is C15H10Cl2N2O2. The summed E-state index contributed by atoms with van der Waals surface area (Å²) in [5.41, 5.74) is 7.17. The molecule has 0 spiro atoms. The lowest BCUT2D eigenvalue weighted by molar-refractivity contribution is 0.0474. The molecule has 0 bridgehead atoms. The molecule has 0 aliphatic rings. The van der Waals surface area contributed by atoms with E-state index in [0.29, 0.717) is 16.1 Å². The van der Waals surface area contributed by atoms with Crippen LogP contribution in [0.5, 0.6) is 0 Å². The van der Waals surface area contributed by atoms with Crippen molar-refractivity contribution in [1.82, 2.24) is 0 Å². The van der Waals surface area contributed by atoms with Crippen LogP contribution in [0.1, 0.15) is 21.5 Å². The number of carbonyl (C=O) groups is 1. The number of nitrogen functional groups attached to an aromatic ring is 1. The molecule has 0 saturated carbocycles. The van der Waals surface area contributed by atoms with Gasteiger partial charge in [0.15, 0.2) is 0 Å². The Labute approximate surface area is 131 Å². The van der Waals surface area contributed by atoms with E-state index >= 15 is 0 Å². The molecule has 0 amide bonds. The maximum atomic E-state index is 12.0. The van der Waals surface area contributed by atoms with E-state index in [1.54, 1.807) is 24.3 Å². The number of hydrogen-bond acceptors (Lipinski definition) is 4. The number of nitriles is 1. The number of nitrogens with zero attached hydrogens (tertiary/aromatic N) is 1. The lowest BCUT2D eigenvalue weighted by atomic mass is 10.1. The molecule has 2 aromatic carbocycles. The molecule has 0 radical (unpaired) electrons. The van der Waals surface area contributed by atoms with Crippen LogP contribution < -0.4 is 5.73 Å². The molecule has 21 heavy (non-hydrogen) atoms. The van der Waals surface area contributed by atoms with E-state index in [-0.39, 0.29) is 22.9 Å². The summed E-state index contributed by atoms with van der Waals surface area (Å²) in [7, 11) is 0. The molecule has 0 aliphatic carbocycles. The van der Waals surface area contributed by atoms with Gasteiger partial charge in [0.2, 0.25) is 0 Å². The van der Waals surface area contributed by atoms with Crippen molar-refractivity contribution in [3.05, 3.63) is 63.1 Å². The molecule has 0 fully saturated rings. The molecular weight excluding hydrogens is 311 g/mol. The first-order valence-corrected chi connectivity index (χ1v) is 6.67. The van der Waals surface area contributed by atoms with Crippen LogP contribution in [0.15, 0.2) is 36.4 Å². The summed E-state index contributed by atoms with van der Waals surface area (Å²) in [6.45, 7) is 0.0257. The molecule has 2 aromatic rings. The van der Waals surface area contributed by atoms with E-state index in [9.17, 15) is 4.79 Å². The zero-order valence-electron chi connectivity index (χ0n) is 10.8. The number of ether oxygens (including phenoxy) is 1. The third-order valence-electron chi connectivity index (χ3n) is 2.74. The van der Waals surface area contributed by atoms with Crippen LogP contribution in [0.25, 0.3) is 0 Å². The molecule has 0 aromatic heterocycles. The molecule has 2 N–H and O–H groups in total. The number of benzene rings is 2. The quantitative estimate of drug-likeness (QED) is 0.689. The number of carbonyl (C=O) groups excluding carboxylic acids is 1. The second-order valence-corrected chi connectivity index (χ2v) is 5.08. The van der Waals surface area contributed by atoms with Gasteiger partial charge in [0.05, 0.1) is 27.9 Å². The van der Waals surface area contributed by atoms with Gasteiger partial charge in [-0.3, -0.25) is 0 Å². The fourth-order valence-corrected chi connectivity index (χ4v) is 2.20. The second-order valence-electron chi connectivity index (χ2n) is 4.24. The minimum absolute atomic E-state index is 0.0257. The van der Waals surface area contributed by atoms with Gasteiger partial charge in [-0.25, -0.2) is 4.79 Å². The minimum atomic E-state index is -0.626. The third-order valence-corrected chi connectivity index (χ3v) is 3.27. The number of rotatable bonds is 3. The van der Waals surface area contributed by atoms with Crippen LogP contribution in [0.4, 0.5) is 5.69 Å². The smallest absolute Gasteiger partial charge is 0.340 e. The summed E-state index contributed by atoms with van der Waals surface area (Å²) < 4.78 is 5.16. The molecule has 2 rings (SSSR count). The highest BCUT2D eigenvalue weighted by atomic mass is 35.5. The Morgan fingerprint density at radius 3 is 2.76 bits per heavy atom. The maximum Gasteiger partial charge on any atom is 0.340 e. The largest absolute Gasteiger partial charge is 0.457 e. The van der Waals surface area contributed by atoms with Crippen LogP contribution in [0.3, 0.4) is 0 Å². The molecule has 0 aliphatic heterocycles. The number of anilines is 1. The minimum Gasteiger partial charge on any atom is -0.457 e. The number of halogens is 2. The molecule has 4 nitrogen and oxygen atoms in total. The fraction of sp³-hybridized carbons (Fsp3) is 0.0667. The van der Waals surface area contributed by atoms with E-state index in [4.69, 9.17) is 38.9 Å². The molecule has 0 unspecified atom stereocenters. The van der Waals surface area contributed by atoms with E-state index in [1.165, 1.54) is 12.1 Å². The van der Waals surface area contributed by atoms with Gasteiger partial charge in [0.25, 0.3) is 0 Å². The normalized spacial score (nSPS) is 9.95. The van der Waals surface area contributed by atoms with Crippen molar-refractivity contribution in [3.63, 3.8) is 0 Å². The zero-order valence-corrected chi connectivity index (χ0v) is 12.3. The molecule has 0 saturated heterocycles.